The Morgan fingerprint density at radius 3 is 2.33 bits per heavy atom. The standard InChI is InChI=1S/C14H14N2S2.C2H2O4/c1-10-7-12(14(9-16)17-10)18-13(8-15)11-5-3-2-4-6-11;3-1(4)2(5)6/h2-7,13H,8,15H2,1H3;(H,3,4)(H,5,6)/t13-;/m1./s1. The van der Waals surface area contributed by atoms with Crippen molar-refractivity contribution in [3.8, 4) is 6.07 Å². The number of carboxylic acid groups (broad SMARTS) is 2. The molecule has 0 radical (unpaired) electrons. The van der Waals surface area contributed by atoms with E-state index in [0.29, 0.717) is 6.54 Å². The van der Waals surface area contributed by atoms with Crippen molar-refractivity contribution in [3.05, 3.63) is 51.7 Å². The summed E-state index contributed by atoms with van der Waals surface area (Å²) in [6.07, 6.45) is 0. The topological polar surface area (TPSA) is 124 Å². The van der Waals surface area contributed by atoms with Crippen molar-refractivity contribution in [2.75, 3.05) is 6.54 Å². The van der Waals surface area contributed by atoms with Crippen LogP contribution in [0.1, 0.15) is 20.6 Å². The van der Waals surface area contributed by atoms with Gasteiger partial charge in [0.1, 0.15) is 10.9 Å². The first-order chi connectivity index (χ1) is 11.4. The molecule has 1 aromatic heterocycles. The van der Waals surface area contributed by atoms with E-state index >= 15 is 0 Å². The van der Waals surface area contributed by atoms with Crippen molar-refractivity contribution < 1.29 is 19.8 Å². The minimum Gasteiger partial charge on any atom is -0.473 e. The van der Waals surface area contributed by atoms with Crippen molar-refractivity contribution in [2.45, 2.75) is 17.1 Å². The van der Waals surface area contributed by atoms with Gasteiger partial charge in [0, 0.05) is 21.6 Å². The van der Waals surface area contributed by atoms with Crippen molar-refractivity contribution in [2.24, 2.45) is 5.73 Å². The molecule has 0 bridgehead atoms. The molecule has 126 valence electrons. The van der Waals surface area contributed by atoms with E-state index in [1.807, 2.05) is 25.1 Å². The molecule has 0 saturated heterocycles. The van der Waals surface area contributed by atoms with E-state index in [1.54, 1.807) is 11.8 Å². The van der Waals surface area contributed by atoms with Crippen LogP contribution in [0.5, 0.6) is 0 Å². The van der Waals surface area contributed by atoms with E-state index in [2.05, 4.69) is 24.3 Å². The summed E-state index contributed by atoms with van der Waals surface area (Å²) < 4.78 is 0. The SMILES string of the molecule is Cc1cc(S[C@H](CN)c2ccccc2)c(C#N)s1.O=C(O)C(=O)O. The maximum atomic E-state index is 9.10. The fourth-order valence-electron chi connectivity index (χ4n) is 1.73. The zero-order chi connectivity index (χ0) is 18.1. The molecule has 0 spiro atoms. The summed E-state index contributed by atoms with van der Waals surface area (Å²) in [5, 5.41) is 24.1. The quantitative estimate of drug-likeness (QED) is 0.563. The zero-order valence-corrected chi connectivity index (χ0v) is 14.4. The van der Waals surface area contributed by atoms with Gasteiger partial charge in [-0.1, -0.05) is 30.3 Å². The average molecular weight is 364 g/mol. The van der Waals surface area contributed by atoms with Crippen LogP contribution in [0, 0.1) is 18.3 Å². The molecule has 0 unspecified atom stereocenters. The van der Waals surface area contributed by atoms with Crippen LogP contribution in [0.25, 0.3) is 0 Å². The first kappa shape index (κ1) is 19.7. The molecular formula is C16H16N2O4S2. The van der Waals surface area contributed by atoms with Gasteiger partial charge in [-0.2, -0.15) is 5.26 Å². The number of thioether (sulfide) groups is 1. The highest BCUT2D eigenvalue weighted by atomic mass is 32.2. The second-order valence-corrected chi connectivity index (χ2v) is 7.03. The Morgan fingerprint density at radius 2 is 1.88 bits per heavy atom. The Kier molecular flexibility index (Phi) is 7.98. The molecule has 1 aromatic carbocycles. The average Bonchev–Trinajstić information content (AvgIpc) is 2.93. The lowest BCUT2D eigenvalue weighted by Crippen LogP contribution is -2.09. The molecule has 8 heteroatoms. The van der Waals surface area contributed by atoms with Crippen LogP contribution in [0.3, 0.4) is 0 Å². The van der Waals surface area contributed by atoms with Crippen molar-refractivity contribution in [1.82, 2.24) is 0 Å². The number of thiophene rings is 1. The van der Waals surface area contributed by atoms with E-state index in [-0.39, 0.29) is 5.25 Å². The number of nitriles is 1. The normalized spacial score (nSPS) is 10.9. The van der Waals surface area contributed by atoms with Gasteiger partial charge in [0.2, 0.25) is 0 Å². The minimum atomic E-state index is -1.82. The van der Waals surface area contributed by atoms with Crippen LogP contribution >= 0.6 is 23.1 Å². The van der Waals surface area contributed by atoms with Crippen LogP contribution < -0.4 is 5.73 Å². The van der Waals surface area contributed by atoms with E-state index in [1.165, 1.54) is 16.9 Å². The molecule has 0 saturated carbocycles. The summed E-state index contributed by atoms with van der Waals surface area (Å²) in [5.74, 6) is -3.65. The molecule has 0 fully saturated rings. The Balaban J connectivity index is 0.000000413. The number of carbonyl (C=O) groups is 2. The van der Waals surface area contributed by atoms with Gasteiger partial charge in [-0.05, 0) is 18.6 Å². The molecule has 0 aliphatic rings. The molecule has 0 aliphatic heterocycles. The third kappa shape index (κ3) is 6.04. The van der Waals surface area contributed by atoms with Crippen LogP contribution in [0.4, 0.5) is 0 Å². The van der Waals surface area contributed by atoms with E-state index in [0.717, 1.165) is 14.6 Å². The highest BCUT2D eigenvalue weighted by molar-refractivity contribution is 7.99. The van der Waals surface area contributed by atoms with Crippen LogP contribution in [0.2, 0.25) is 0 Å². The number of benzene rings is 1. The highest BCUT2D eigenvalue weighted by Gasteiger charge is 2.15. The lowest BCUT2D eigenvalue weighted by Gasteiger charge is -2.14. The van der Waals surface area contributed by atoms with Gasteiger partial charge in [0.25, 0.3) is 0 Å². The number of nitrogens with two attached hydrogens (primary N) is 1. The van der Waals surface area contributed by atoms with Gasteiger partial charge in [-0.15, -0.1) is 23.1 Å². The van der Waals surface area contributed by atoms with E-state index in [4.69, 9.17) is 30.8 Å². The van der Waals surface area contributed by atoms with Gasteiger partial charge < -0.3 is 15.9 Å². The molecule has 6 nitrogen and oxygen atoms in total. The summed E-state index contributed by atoms with van der Waals surface area (Å²) in [6, 6.07) is 14.5. The van der Waals surface area contributed by atoms with Crippen molar-refractivity contribution >= 4 is 35.0 Å². The van der Waals surface area contributed by atoms with Crippen molar-refractivity contribution in [1.29, 1.82) is 5.26 Å². The van der Waals surface area contributed by atoms with Crippen LogP contribution in [-0.2, 0) is 9.59 Å². The number of aliphatic carboxylic acids is 2. The van der Waals surface area contributed by atoms with Crippen LogP contribution in [-0.4, -0.2) is 28.7 Å². The maximum absolute atomic E-state index is 9.10. The summed E-state index contributed by atoms with van der Waals surface area (Å²) in [7, 11) is 0. The largest absolute Gasteiger partial charge is 0.473 e. The monoisotopic (exact) mass is 364 g/mol. The molecule has 1 atom stereocenters. The summed E-state index contributed by atoms with van der Waals surface area (Å²) in [6.45, 7) is 2.59. The number of aryl methyl sites for hydroxylation is 1. The van der Waals surface area contributed by atoms with Gasteiger partial charge in [0.05, 0.1) is 0 Å². The Hall–Kier alpha value is -2.34. The number of hydrogen-bond acceptors (Lipinski definition) is 6. The van der Waals surface area contributed by atoms with Gasteiger partial charge in [-0.3, -0.25) is 0 Å². The van der Waals surface area contributed by atoms with E-state index in [9.17, 15) is 0 Å². The number of carboxylic acids is 2. The molecule has 24 heavy (non-hydrogen) atoms. The van der Waals surface area contributed by atoms with Crippen LogP contribution in [0.15, 0.2) is 41.3 Å². The smallest absolute Gasteiger partial charge is 0.414 e. The lowest BCUT2D eigenvalue weighted by molar-refractivity contribution is -0.159. The summed E-state index contributed by atoms with van der Waals surface area (Å²) in [4.78, 5) is 21.2. The molecule has 2 aromatic rings. The first-order valence-electron chi connectivity index (χ1n) is 6.77. The van der Waals surface area contributed by atoms with Gasteiger partial charge in [0.15, 0.2) is 0 Å². The maximum Gasteiger partial charge on any atom is 0.414 e. The first-order valence-corrected chi connectivity index (χ1v) is 8.47. The third-order valence-electron chi connectivity index (χ3n) is 2.76. The summed E-state index contributed by atoms with van der Waals surface area (Å²) >= 11 is 3.22. The Labute approximate surface area is 147 Å². The number of nitrogens with zero attached hydrogens (tertiary/aromatic N) is 1. The van der Waals surface area contributed by atoms with Gasteiger partial charge in [-0.25, -0.2) is 9.59 Å². The second kappa shape index (κ2) is 9.72. The Bertz CT molecular complexity index is 726. The minimum absolute atomic E-state index is 0.201. The fourth-order valence-corrected chi connectivity index (χ4v) is 3.87. The van der Waals surface area contributed by atoms with E-state index < -0.39 is 11.9 Å². The van der Waals surface area contributed by atoms with Crippen molar-refractivity contribution in [3.63, 3.8) is 0 Å². The highest BCUT2D eigenvalue weighted by Crippen LogP contribution is 2.39. The molecular weight excluding hydrogens is 348 g/mol. The van der Waals surface area contributed by atoms with Gasteiger partial charge >= 0.3 is 11.9 Å². The molecule has 0 amide bonds. The predicted octanol–water partition coefficient (Wildman–Crippen LogP) is 2.88. The predicted molar refractivity (Wildman–Crippen MR) is 93.1 cm³/mol. The lowest BCUT2D eigenvalue weighted by atomic mass is 10.1. The number of hydrogen-bond donors (Lipinski definition) is 3. The number of rotatable bonds is 4. The second-order valence-electron chi connectivity index (χ2n) is 4.53. The molecule has 1 heterocycles. The molecule has 0 aliphatic carbocycles. The fraction of sp³-hybridized carbons (Fsp3) is 0.188. The third-order valence-corrected chi connectivity index (χ3v) is 5.17. The Morgan fingerprint density at radius 1 is 1.29 bits per heavy atom. The molecule has 2 rings (SSSR count). The molecule has 4 N–H and O–H groups in total. The summed E-state index contributed by atoms with van der Waals surface area (Å²) in [5.41, 5.74) is 7.06. The zero-order valence-electron chi connectivity index (χ0n) is 12.8.